The average Bonchev–Trinajstić information content (AvgIpc) is 2.89. The standard InChI is InChI=1S/C25H21N5O4/c31-24-22-9-5-4-8-21(22)23(26-29(24)19-6-2-1-3-7-19)25(32)28-16-14-27(15-17-28)18-10-12-20(13-11-18)30(33)34/h1-13H,14-17H2. The summed E-state index contributed by atoms with van der Waals surface area (Å²) in [5.41, 5.74) is 1.47. The van der Waals surface area contributed by atoms with Gasteiger partial charge in [-0.15, -0.1) is 0 Å². The molecular formula is C25H21N5O4. The number of non-ortho nitro benzene ring substituents is 1. The zero-order valence-corrected chi connectivity index (χ0v) is 18.2. The lowest BCUT2D eigenvalue weighted by Crippen LogP contribution is -2.49. The van der Waals surface area contributed by atoms with Gasteiger partial charge in [0.15, 0.2) is 5.69 Å². The molecule has 1 aromatic heterocycles. The first-order valence-electron chi connectivity index (χ1n) is 10.9. The second kappa shape index (κ2) is 8.78. The van der Waals surface area contributed by atoms with E-state index >= 15 is 0 Å². The first-order chi connectivity index (χ1) is 16.5. The number of carbonyl (C=O) groups excluding carboxylic acids is 1. The number of anilines is 1. The molecule has 5 rings (SSSR count). The lowest BCUT2D eigenvalue weighted by Gasteiger charge is -2.36. The molecule has 1 aliphatic rings. The molecule has 1 aliphatic heterocycles. The fourth-order valence-electron chi connectivity index (χ4n) is 4.19. The third-order valence-corrected chi connectivity index (χ3v) is 6.00. The molecule has 1 amide bonds. The third-order valence-electron chi connectivity index (χ3n) is 6.00. The van der Waals surface area contributed by atoms with Crippen LogP contribution >= 0.6 is 0 Å². The summed E-state index contributed by atoms with van der Waals surface area (Å²) in [6, 6.07) is 22.5. The third kappa shape index (κ3) is 3.88. The lowest BCUT2D eigenvalue weighted by molar-refractivity contribution is -0.384. The molecule has 1 saturated heterocycles. The van der Waals surface area contributed by atoms with Crippen LogP contribution in [-0.2, 0) is 0 Å². The maximum Gasteiger partial charge on any atom is 0.279 e. The fraction of sp³-hybridized carbons (Fsp3) is 0.160. The molecule has 9 nitrogen and oxygen atoms in total. The van der Waals surface area contributed by atoms with Gasteiger partial charge in [-0.1, -0.05) is 36.4 Å². The van der Waals surface area contributed by atoms with Crippen LogP contribution in [0.15, 0.2) is 83.7 Å². The molecule has 0 unspecified atom stereocenters. The molecule has 1 fully saturated rings. The van der Waals surface area contributed by atoms with Crippen LogP contribution in [0.1, 0.15) is 10.5 Å². The second-order valence-electron chi connectivity index (χ2n) is 8.00. The van der Waals surface area contributed by atoms with Gasteiger partial charge in [-0.05, 0) is 30.3 Å². The van der Waals surface area contributed by atoms with Crippen molar-refractivity contribution in [3.05, 3.63) is 105 Å². The van der Waals surface area contributed by atoms with Crippen LogP contribution in [0.3, 0.4) is 0 Å². The molecule has 0 bridgehead atoms. The number of benzene rings is 3. The number of aromatic nitrogens is 2. The van der Waals surface area contributed by atoms with E-state index in [-0.39, 0.29) is 22.8 Å². The van der Waals surface area contributed by atoms with Gasteiger partial charge in [-0.3, -0.25) is 19.7 Å². The Balaban J connectivity index is 1.42. The number of nitro benzene ring substituents is 1. The molecule has 0 saturated carbocycles. The molecule has 4 aromatic rings. The van der Waals surface area contributed by atoms with E-state index in [0.29, 0.717) is 42.6 Å². The molecule has 0 atom stereocenters. The predicted octanol–water partition coefficient (Wildman–Crippen LogP) is 3.26. The number of para-hydroxylation sites is 1. The van der Waals surface area contributed by atoms with Gasteiger partial charge in [0.05, 0.1) is 16.0 Å². The lowest BCUT2D eigenvalue weighted by atomic mass is 10.1. The summed E-state index contributed by atoms with van der Waals surface area (Å²) < 4.78 is 1.28. The molecule has 170 valence electrons. The number of piperazine rings is 1. The number of amides is 1. The number of fused-ring (bicyclic) bond motifs is 1. The van der Waals surface area contributed by atoms with Crippen molar-refractivity contribution in [2.75, 3.05) is 31.1 Å². The van der Waals surface area contributed by atoms with Crippen LogP contribution in [0.4, 0.5) is 11.4 Å². The number of carbonyl (C=O) groups is 1. The van der Waals surface area contributed by atoms with Crippen molar-refractivity contribution in [2.24, 2.45) is 0 Å². The molecule has 34 heavy (non-hydrogen) atoms. The zero-order valence-electron chi connectivity index (χ0n) is 18.2. The Morgan fingerprint density at radius 2 is 1.41 bits per heavy atom. The normalized spacial score (nSPS) is 13.8. The van der Waals surface area contributed by atoms with Crippen molar-refractivity contribution < 1.29 is 9.72 Å². The van der Waals surface area contributed by atoms with Gasteiger partial charge in [-0.2, -0.15) is 9.78 Å². The molecule has 9 heteroatoms. The minimum atomic E-state index is -0.424. The number of nitrogens with zero attached hydrogens (tertiary/aromatic N) is 5. The summed E-state index contributed by atoms with van der Waals surface area (Å²) in [6.45, 7) is 2.10. The Morgan fingerprint density at radius 1 is 0.794 bits per heavy atom. The zero-order chi connectivity index (χ0) is 23.7. The van der Waals surface area contributed by atoms with Crippen LogP contribution < -0.4 is 10.5 Å². The van der Waals surface area contributed by atoms with Crippen LogP contribution in [0, 0.1) is 10.1 Å². The van der Waals surface area contributed by atoms with E-state index in [1.165, 1.54) is 16.8 Å². The molecule has 0 radical (unpaired) electrons. The van der Waals surface area contributed by atoms with E-state index < -0.39 is 4.92 Å². The summed E-state index contributed by atoms with van der Waals surface area (Å²) in [5.74, 6) is -0.232. The largest absolute Gasteiger partial charge is 0.368 e. The van der Waals surface area contributed by atoms with Crippen LogP contribution in [0.25, 0.3) is 16.5 Å². The van der Waals surface area contributed by atoms with Crippen LogP contribution in [-0.4, -0.2) is 51.7 Å². The van der Waals surface area contributed by atoms with E-state index in [0.717, 1.165) is 5.69 Å². The van der Waals surface area contributed by atoms with E-state index in [4.69, 9.17) is 0 Å². The van der Waals surface area contributed by atoms with E-state index in [1.807, 2.05) is 18.2 Å². The van der Waals surface area contributed by atoms with Gasteiger partial charge in [0, 0.05) is 49.4 Å². The van der Waals surface area contributed by atoms with Gasteiger partial charge >= 0.3 is 0 Å². The van der Waals surface area contributed by atoms with Gasteiger partial charge in [-0.25, -0.2) is 0 Å². The number of rotatable bonds is 4. The maximum atomic E-state index is 13.5. The van der Waals surface area contributed by atoms with Gasteiger partial charge < -0.3 is 9.80 Å². The molecule has 0 spiro atoms. The van der Waals surface area contributed by atoms with Gasteiger partial charge in [0.2, 0.25) is 0 Å². The van der Waals surface area contributed by atoms with Crippen molar-refractivity contribution in [1.29, 1.82) is 0 Å². The molecule has 3 aromatic carbocycles. The Kier molecular flexibility index (Phi) is 5.51. The number of hydrogen-bond donors (Lipinski definition) is 0. The average molecular weight is 455 g/mol. The molecule has 0 N–H and O–H groups in total. The van der Waals surface area contributed by atoms with Gasteiger partial charge in [0.1, 0.15) is 0 Å². The van der Waals surface area contributed by atoms with E-state index in [9.17, 15) is 19.7 Å². The Labute approximate surface area is 194 Å². The fourth-order valence-corrected chi connectivity index (χ4v) is 4.19. The van der Waals surface area contributed by atoms with Crippen LogP contribution in [0.5, 0.6) is 0 Å². The highest BCUT2D eigenvalue weighted by molar-refractivity contribution is 6.05. The van der Waals surface area contributed by atoms with Crippen molar-refractivity contribution in [2.45, 2.75) is 0 Å². The molecule has 0 aliphatic carbocycles. The summed E-state index contributed by atoms with van der Waals surface area (Å²) in [5, 5.41) is 16.3. The highest BCUT2D eigenvalue weighted by Gasteiger charge is 2.26. The quantitative estimate of drug-likeness (QED) is 0.346. The van der Waals surface area contributed by atoms with Gasteiger partial charge in [0.25, 0.3) is 17.2 Å². The summed E-state index contributed by atoms with van der Waals surface area (Å²) in [6.07, 6.45) is 0. The van der Waals surface area contributed by atoms with Crippen molar-refractivity contribution >= 4 is 28.1 Å². The van der Waals surface area contributed by atoms with Crippen molar-refractivity contribution in [3.63, 3.8) is 0 Å². The second-order valence-corrected chi connectivity index (χ2v) is 8.00. The van der Waals surface area contributed by atoms with Crippen molar-refractivity contribution in [1.82, 2.24) is 14.7 Å². The minimum Gasteiger partial charge on any atom is -0.368 e. The first-order valence-corrected chi connectivity index (χ1v) is 10.9. The first kappa shape index (κ1) is 21.3. The number of nitro groups is 1. The molecular weight excluding hydrogens is 434 g/mol. The summed E-state index contributed by atoms with van der Waals surface area (Å²) >= 11 is 0. The Morgan fingerprint density at radius 3 is 2.06 bits per heavy atom. The molecule has 2 heterocycles. The maximum absolute atomic E-state index is 13.5. The SMILES string of the molecule is O=C(c1nn(-c2ccccc2)c(=O)c2ccccc12)N1CCN(c2ccc([N+](=O)[O-])cc2)CC1. The highest BCUT2D eigenvalue weighted by Crippen LogP contribution is 2.22. The van der Waals surface area contributed by atoms with E-state index in [1.54, 1.807) is 53.4 Å². The predicted molar refractivity (Wildman–Crippen MR) is 129 cm³/mol. The smallest absolute Gasteiger partial charge is 0.279 e. The van der Waals surface area contributed by atoms with Crippen molar-refractivity contribution in [3.8, 4) is 5.69 Å². The Bertz CT molecular complexity index is 1430. The monoisotopic (exact) mass is 455 g/mol. The topological polar surface area (TPSA) is 102 Å². The summed E-state index contributed by atoms with van der Waals surface area (Å²) in [4.78, 5) is 40.9. The highest BCUT2D eigenvalue weighted by atomic mass is 16.6. The Hall–Kier alpha value is -4.53. The number of hydrogen-bond acceptors (Lipinski definition) is 6. The van der Waals surface area contributed by atoms with E-state index in [2.05, 4.69) is 10.00 Å². The summed E-state index contributed by atoms with van der Waals surface area (Å²) in [7, 11) is 0. The minimum absolute atomic E-state index is 0.0454. The van der Waals surface area contributed by atoms with Crippen LogP contribution in [0.2, 0.25) is 0 Å².